The quantitative estimate of drug-likeness (QED) is 0.746. The summed E-state index contributed by atoms with van der Waals surface area (Å²) in [6.07, 6.45) is 7.35. The van der Waals surface area contributed by atoms with Crippen molar-refractivity contribution in [3.63, 3.8) is 0 Å². The summed E-state index contributed by atoms with van der Waals surface area (Å²) in [4.78, 5) is 4.02. The van der Waals surface area contributed by atoms with Gasteiger partial charge in [-0.1, -0.05) is 20.8 Å². The predicted octanol–water partition coefficient (Wildman–Crippen LogP) is 1.89. The maximum Gasteiger partial charge on any atom is 0.0992 e. The molecule has 0 aliphatic carbocycles. The minimum Gasteiger partial charge on any atom is -0.303 e. The Kier molecular flexibility index (Phi) is 1.91. The molecule has 0 aliphatic rings. The van der Waals surface area contributed by atoms with Crippen LogP contribution in [0.4, 0.5) is 0 Å². The highest BCUT2D eigenvalue weighted by Crippen LogP contribution is 2.25. The van der Waals surface area contributed by atoms with Gasteiger partial charge in [0.2, 0.25) is 0 Å². The van der Waals surface area contributed by atoms with Crippen LogP contribution in [-0.2, 0) is 5.41 Å². The van der Waals surface area contributed by atoms with E-state index in [2.05, 4.69) is 36.0 Å². The molecule has 14 heavy (non-hydrogen) atoms. The van der Waals surface area contributed by atoms with Gasteiger partial charge >= 0.3 is 0 Å². The molecule has 0 unspecified atom stereocenters. The molecular formula is C10H14N4. The molecule has 0 amide bonds. The molecule has 2 aromatic rings. The molecule has 74 valence electrons. The lowest BCUT2D eigenvalue weighted by atomic mass is 9.91. The Morgan fingerprint density at radius 1 is 1.36 bits per heavy atom. The predicted molar refractivity (Wildman–Crippen MR) is 54.4 cm³/mol. The van der Waals surface area contributed by atoms with Crippen LogP contribution in [-0.4, -0.2) is 19.7 Å². The van der Waals surface area contributed by atoms with E-state index in [9.17, 15) is 0 Å². The van der Waals surface area contributed by atoms with E-state index in [1.54, 1.807) is 12.5 Å². The second-order valence-electron chi connectivity index (χ2n) is 4.34. The number of aromatic amines is 1. The molecule has 0 aliphatic heterocycles. The Hall–Kier alpha value is -1.58. The van der Waals surface area contributed by atoms with Gasteiger partial charge in [0.05, 0.1) is 17.7 Å². The van der Waals surface area contributed by atoms with Gasteiger partial charge in [0.1, 0.15) is 0 Å². The van der Waals surface area contributed by atoms with E-state index in [4.69, 9.17) is 0 Å². The van der Waals surface area contributed by atoms with E-state index in [-0.39, 0.29) is 5.41 Å². The number of aromatic nitrogens is 4. The van der Waals surface area contributed by atoms with Gasteiger partial charge in [-0.05, 0) is 0 Å². The molecule has 1 N–H and O–H groups in total. The zero-order valence-electron chi connectivity index (χ0n) is 8.65. The Morgan fingerprint density at radius 3 is 2.71 bits per heavy atom. The van der Waals surface area contributed by atoms with Crippen molar-refractivity contribution in [2.24, 2.45) is 0 Å². The summed E-state index contributed by atoms with van der Waals surface area (Å²) in [7, 11) is 0. The number of hydrogen-bond acceptors (Lipinski definition) is 2. The summed E-state index contributed by atoms with van der Waals surface area (Å²) in [5, 5.41) is 7.16. The molecule has 0 saturated carbocycles. The molecule has 0 atom stereocenters. The van der Waals surface area contributed by atoms with Gasteiger partial charge in [-0.2, -0.15) is 5.10 Å². The highest BCUT2D eigenvalue weighted by molar-refractivity contribution is 5.38. The van der Waals surface area contributed by atoms with Crippen molar-refractivity contribution in [3.05, 3.63) is 30.6 Å². The smallest absolute Gasteiger partial charge is 0.0992 e. The van der Waals surface area contributed by atoms with E-state index in [0.717, 1.165) is 11.4 Å². The first-order chi connectivity index (χ1) is 6.59. The standard InChI is InChI=1S/C10H14N4/c1-10(2,3)9-8(6-12-13-9)14-5-4-11-7-14/h4-7H,1-3H3,(H,12,13). The van der Waals surface area contributed by atoms with Crippen LogP contribution < -0.4 is 0 Å². The Morgan fingerprint density at radius 2 is 2.14 bits per heavy atom. The van der Waals surface area contributed by atoms with E-state index >= 15 is 0 Å². The van der Waals surface area contributed by atoms with Crippen LogP contribution in [0.1, 0.15) is 26.5 Å². The maximum atomic E-state index is 4.27. The summed E-state index contributed by atoms with van der Waals surface area (Å²) in [6.45, 7) is 6.43. The lowest BCUT2D eigenvalue weighted by molar-refractivity contribution is 0.563. The van der Waals surface area contributed by atoms with Crippen LogP contribution in [0.2, 0.25) is 0 Å². The number of nitrogens with zero attached hydrogens (tertiary/aromatic N) is 3. The van der Waals surface area contributed by atoms with Crippen molar-refractivity contribution < 1.29 is 0 Å². The van der Waals surface area contributed by atoms with Crippen LogP contribution in [0.15, 0.2) is 24.9 Å². The van der Waals surface area contributed by atoms with Gasteiger partial charge in [0.15, 0.2) is 0 Å². The number of nitrogens with one attached hydrogen (secondary N) is 1. The van der Waals surface area contributed by atoms with Gasteiger partial charge < -0.3 is 4.57 Å². The lowest BCUT2D eigenvalue weighted by Gasteiger charge is -2.17. The molecule has 4 heteroatoms. The first kappa shape index (κ1) is 8.99. The Labute approximate surface area is 83.0 Å². The molecule has 0 fully saturated rings. The van der Waals surface area contributed by atoms with E-state index in [1.807, 2.05) is 17.0 Å². The van der Waals surface area contributed by atoms with Crippen LogP contribution in [0, 0.1) is 0 Å². The van der Waals surface area contributed by atoms with Gasteiger partial charge in [-0.3, -0.25) is 5.10 Å². The van der Waals surface area contributed by atoms with Gasteiger partial charge in [0.25, 0.3) is 0 Å². The number of hydrogen-bond donors (Lipinski definition) is 1. The van der Waals surface area contributed by atoms with Crippen LogP contribution in [0.25, 0.3) is 5.69 Å². The maximum absolute atomic E-state index is 4.27. The summed E-state index contributed by atoms with van der Waals surface area (Å²) < 4.78 is 1.96. The topological polar surface area (TPSA) is 46.5 Å². The van der Waals surface area contributed by atoms with Crippen LogP contribution >= 0.6 is 0 Å². The minimum absolute atomic E-state index is 0.0413. The van der Waals surface area contributed by atoms with Crippen molar-refractivity contribution in [2.75, 3.05) is 0 Å². The fourth-order valence-electron chi connectivity index (χ4n) is 1.43. The first-order valence-corrected chi connectivity index (χ1v) is 4.61. The minimum atomic E-state index is 0.0413. The molecular weight excluding hydrogens is 176 g/mol. The third-order valence-electron chi connectivity index (χ3n) is 2.11. The van der Waals surface area contributed by atoms with E-state index in [0.29, 0.717) is 0 Å². The number of H-pyrrole nitrogens is 1. The monoisotopic (exact) mass is 190 g/mol. The Balaban J connectivity index is 2.51. The zero-order chi connectivity index (χ0) is 10.2. The van der Waals surface area contributed by atoms with Gasteiger partial charge in [0, 0.05) is 24.0 Å². The number of imidazole rings is 1. The highest BCUT2D eigenvalue weighted by atomic mass is 15.2. The fourth-order valence-corrected chi connectivity index (χ4v) is 1.43. The summed E-state index contributed by atoms with van der Waals surface area (Å²) in [6, 6.07) is 0. The average molecular weight is 190 g/mol. The molecule has 0 saturated heterocycles. The molecule has 0 spiro atoms. The van der Waals surface area contributed by atoms with Gasteiger partial charge in [-0.25, -0.2) is 4.98 Å². The van der Waals surface area contributed by atoms with Crippen LogP contribution in [0.5, 0.6) is 0 Å². The van der Waals surface area contributed by atoms with Gasteiger partial charge in [-0.15, -0.1) is 0 Å². The number of rotatable bonds is 1. The van der Waals surface area contributed by atoms with Crippen LogP contribution in [0.3, 0.4) is 0 Å². The second-order valence-corrected chi connectivity index (χ2v) is 4.34. The third kappa shape index (κ3) is 1.43. The van der Waals surface area contributed by atoms with Crippen molar-refractivity contribution >= 4 is 0 Å². The van der Waals surface area contributed by atoms with Crippen molar-refractivity contribution in [1.82, 2.24) is 19.7 Å². The highest BCUT2D eigenvalue weighted by Gasteiger charge is 2.21. The third-order valence-corrected chi connectivity index (χ3v) is 2.11. The fraction of sp³-hybridized carbons (Fsp3) is 0.400. The second kappa shape index (κ2) is 2.97. The summed E-state index contributed by atoms with van der Waals surface area (Å²) in [5.41, 5.74) is 2.16. The summed E-state index contributed by atoms with van der Waals surface area (Å²) >= 11 is 0. The van der Waals surface area contributed by atoms with Crippen molar-refractivity contribution in [2.45, 2.75) is 26.2 Å². The zero-order valence-corrected chi connectivity index (χ0v) is 8.65. The van der Waals surface area contributed by atoms with E-state index < -0.39 is 0 Å². The molecule has 0 bridgehead atoms. The first-order valence-electron chi connectivity index (χ1n) is 4.61. The lowest BCUT2D eigenvalue weighted by Crippen LogP contribution is -2.14. The van der Waals surface area contributed by atoms with Crippen molar-refractivity contribution in [3.8, 4) is 5.69 Å². The normalized spacial score (nSPS) is 11.9. The van der Waals surface area contributed by atoms with Crippen molar-refractivity contribution in [1.29, 1.82) is 0 Å². The largest absolute Gasteiger partial charge is 0.303 e. The molecule has 2 rings (SSSR count). The average Bonchev–Trinajstić information content (AvgIpc) is 2.73. The summed E-state index contributed by atoms with van der Waals surface area (Å²) in [5.74, 6) is 0. The molecule has 0 radical (unpaired) electrons. The van der Waals surface area contributed by atoms with E-state index in [1.165, 1.54) is 0 Å². The molecule has 2 aromatic heterocycles. The SMILES string of the molecule is CC(C)(C)c1n[nH]cc1-n1ccnc1. The molecule has 0 aromatic carbocycles. The molecule has 2 heterocycles. The Bertz CT molecular complexity index is 406. The molecule has 4 nitrogen and oxygen atoms in total.